The number of nitrogens with zero attached hydrogens (tertiary/aromatic N) is 2. The minimum absolute atomic E-state index is 0. The summed E-state index contributed by atoms with van der Waals surface area (Å²) in [6, 6.07) is 6.42. The maximum atomic E-state index is 5.74. The number of rotatable bonds is 6. The number of hydrogen-bond donors (Lipinski definition) is 2. The first-order valence-corrected chi connectivity index (χ1v) is 8.75. The summed E-state index contributed by atoms with van der Waals surface area (Å²) in [5.41, 5.74) is 0.941. The molecule has 0 saturated carbocycles. The van der Waals surface area contributed by atoms with Gasteiger partial charge in [0.15, 0.2) is 17.5 Å². The molecule has 0 radical (unpaired) electrons. The molecule has 1 aliphatic rings. The van der Waals surface area contributed by atoms with Crippen LogP contribution in [0.15, 0.2) is 23.2 Å². The molecule has 0 bridgehead atoms. The van der Waals surface area contributed by atoms with Crippen LogP contribution in [0, 0.1) is 0 Å². The average molecular weight is 462 g/mol. The van der Waals surface area contributed by atoms with Gasteiger partial charge < -0.3 is 25.0 Å². The van der Waals surface area contributed by atoms with Crippen molar-refractivity contribution in [1.82, 2.24) is 10.2 Å². The molecule has 2 rings (SSSR count). The SMILES string of the molecule is CCNC(=NCCN(C)C(C)C)Nc1ccc2c(c1)OCCCO2.I. The average Bonchev–Trinajstić information content (AvgIpc) is 2.79. The summed E-state index contributed by atoms with van der Waals surface area (Å²) in [5.74, 6) is 2.37. The Morgan fingerprint density at radius 1 is 1.24 bits per heavy atom. The summed E-state index contributed by atoms with van der Waals surface area (Å²) < 4.78 is 11.4. The molecule has 1 aromatic rings. The van der Waals surface area contributed by atoms with Gasteiger partial charge in [-0.3, -0.25) is 4.99 Å². The predicted molar refractivity (Wildman–Crippen MR) is 115 cm³/mol. The Hall–Kier alpha value is -1.22. The molecule has 0 fully saturated rings. The van der Waals surface area contributed by atoms with Gasteiger partial charge in [0.1, 0.15) is 0 Å². The number of hydrogen-bond acceptors (Lipinski definition) is 4. The molecule has 25 heavy (non-hydrogen) atoms. The molecule has 0 amide bonds. The molecule has 0 saturated heterocycles. The van der Waals surface area contributed by atoms with E-state index in [0.29, 0.717) is 19.3 Å². The van der Waals surface area contributed by atoms with Crippen molar-refractivity contribution in [2.75, 3.05) is 45.2 Å². The zero-order valence-electron chi connectivity index (χ0n) is 15.7. The van der Waals surface area contributed by atoms with Gasteiger partial charge in [-0.05, 0) is 40.0 Å². The monoisotopic (exact) mass is 462 g/mol. The molecule has 7 heteroatoms. The number of aliphatic imine (C=N–C) groups is 1. The standard InChI is InChI=1S/C18H30N4O2.HI/c1-5-19-18(20-9-10-22(4)14(2)3)21-15-7-8-16-17(13-15)24-12-6-11-23-16;/h7-8,13-14H,5-6,9-12H2,1-4H3,(H2,19,20,21);1H. The van der Waals surface area contributed by atoms with Gasteiger partial charge in [-0.2, -0.15) is 0 Å². The minimum atomic E-state index is 0. The Bertz CT molecular complexity index is 552. The summed E-state index contributed by atoms with van der Waals surface area (Å²) in [4.78, 5) is 6.92. The maximum absolute atomic E-state index is 5.74. The van der Waals surface area contributed by atoms with Crippen molar-refractivity contribution in [2.45, 2.75) is 33.2 Å². The number of guanidine groups is 1. The van der Waals surface area contributed by atoms with E-state index in [-0.39, 0.29) is 24.0 Å². The molecule has 1 heterocycles. The number of ether oxygens (including phenoxy) is 2. The van der Waals surface area contributed by atoms with Crippen molar-refractivity contribution in [1.29, 1.82) is 0 Å². The number of halogens is 1. The van der Waals surface area contributed by atoms with Crippen LogP contribution in [0.4, 0.5) is 5.69 Å². The van der Waals surface area contributed by atoms with E-state index in [2.05, 4.69) is 48.3 Å². The molecule has 142 valence electrons. The highest BCUT2D eigenvalue weighted by atomic mass is 127. The highest BCUT2D eigenvalue weighted by Gasteiger charge is 2.11. The second kappa shape index (κ2) is 11.4. The van der Waals surface area contributed by atoms with Crippen molar-refractivity contribution >= 4 is 35.6 Å². The largest absolute Gasteiger partial charge is 0.490 e. The van der Waals surface area contributed by atoms with Crippen LogP contribution < -0.4 is 20.1 Å². The van der Waals surface area contributed by atoms with Crippen molar-refractivity contribution in [3.05, 3.63) is 18.2 Å². The van der Waals surface area contributed by atoms with Crippen LogP contribution in [0.25, 0.3) is 0 Å². The van der Waals surface area contributed by atoms with Gasteiger partial charge in [0.05, 0.1) is 19.8 Å². The van der Waals surface area contributed by atoms with E-state index in [1.165, 1.54) is 0 Å². The number of likely N-dealkylation sites (N-methyl/N-ethyl adjacent to an activating group) is 1. The molecule has 2 N–H and O–H groups in total. The van der Waals surface area contributed by atoms with E-state index >= 15 is 0 Å². The summed E-state index contributed by atoms with van der Waals surface area (Å²) in [6.45, 7) is 10.3. The zero-order chi connectivity index (χ0) is 17.4. The summed E-state index contributed by atoms with van der Waals surface area (Å²) in [5, 5.41) is 6.61. The number of anilines is 1. The second-order valence-corrected chi connectivity index (χ2v) is 6.17. The molecule has 1 aromatic carbocycles. The normalized spacial score (nSPS) is 14.1. The number of benzene rings is 1. The van der Waals surface area contributed by atoms with Crippen molar-refractivity contribution in [3.63, 3.8) is 0 Å². The Balaban J connectivity index is 0.00000312. The molecule has 6 nitrogen and oxygen atoms in total. The van der Waals surface area contributed by atoms with E-state index in [1.807, 2.05) is 18.2 Å². The van der Waals surface area contributed by atoms with Gasteiger partial charge in [-0.15, -0.1) is 24.0 Å². The first-order valence-electron chi connectivity index (χ1n) is 8.75. The van der Waals surface area contributed by atoms with Gasteiger partial charge in [-0.25, -0.2) is 0 Å². The van der Waals surface area contributed by atoms with E-state index < -0.39 is 0 Å². The molecular weight excluding hydrogens is 431 g/mol. The van der Waals surface area contributed by atoms with E-state index in [4.69, 9.17) is 9.47 Å². The minimum Gasteiger partial charge on any atom is -0.490 e. The van der Waals surface area contributed by atoms with Crippen LogP contribution >= 0.6 is 24.0 Å². The van der Waals surface area contributed by atoms with Gasteiger partial charge >= 0.3 is 0 Å². The fourth-order valence-electron chi connectivity index (χ4n) is 2.26. The van der Waals surface area contributed by atoms with Gasteiger partial charge in [0.2, 0.25) is 0 Å². The van der Waals surface area contributed by atoms with Crippen LogP contribution in [0.2, 0.25) is 0 Å². The smallest absolute Gasteiger partial charge is 0.195 e. The highest BCUT2D eigenvalue weighted by Crippen LogP contribution is 2.32. The lowest BCUT2D eigenvalue weighted by Gasteiger charge is -2.20. The highest BCUT2D eigenvalue weighted by molar-refractivity contribution is 14.0. The van der Waals surface area contributed by atoms with Gasteiger partial charge in [0, 0.05) is 37.3 Å². The second-order valence-electron chi connectivity index (χ2n) is 6.17. The Morgan fingerprint density at radius 2 is 1.96 bits per heavy atom. The lowest BCUT2D eigenvalue weighted by molar-refractivity contribution is 0.282. The molecule has 0 spiro atoms. The van der Waals surface area contributed by atoms with E-state index in [0.717, 1.165) is 49.2 Å². The molecule has 0 unspecified atom stereocenters. The zero-order valence-corrected chi connectivity index (χ0v) is 18.0. The van der Waals surface area contributed by atoms with Crippen LogP contribution in [-0.2, 0) is 0 Å². The molecule has 0 aliphatic carbocycles. The maximum Gasteiger partial charge on any atom is 0.195 e. The van der Waals surface area contributed by atoms with Gasteiger partial charge in [0.25, 0.3) is 0 Å². The topological polar surface area (TPSA) is 58.1 Å². The fraction of sp³-hybridized carbons (Fsp3) is 0.611. The van der Waals surface area contributed by atoms with Crippen molar-refractivity contribution in [3.8, 4) is 11.5 Å². The first kappa shape index (κ1) is 21.8. The van der Waals surface area contributed by atoms with Gasteiger partial charge in [-0.1, -0.05) is 0 Å². The fourth-order valence-corrected chi connectivity index (χ4v) is 2.26. The molecular formula is C18H31IN4O2. The third-order valence-corrected chi connectivity index (χ3v) is 3.96. The third-order valence-electron chi connectivity index (χ3n) is 3.96. The first-order chi connectivity index (χ1) is 11.6. The van der Waals surface area contributed by atoms with E-state index in [9.17, 15) is 0 Å². The molecule has 0 aromatic heterocycles. The Morgan fingerprint density at radius 3 is 2.64 bits per heavy atom. The van der Waals surface area contributed by atoms with Crippen LogP contribution in [0.5, 0.6) is 11.5 Å². The Kier molecular flexibility index (Phi) is 9.96. The quantitative estimate of drug-likeness (QED) is 0.387. The lowest BCUT2D eigenvalue weighted by atomic mass is 10.3. The predicted octanol–water partition coefficient (Wildman–Crippen LogP) is 3.18. The van der Waals surface area contributed by atoms with Crippen molar-refractivity contribution < 1.29 is 9.47 Å². The summed E-state index contributed by atoms with van der Waals surface area (Å²) in [7, 11) is 2.12. The molecule has 1 aliphatic heterocycles. The molecule has 0 atom stereocenters. The van der Waals surface area contributed by atoms with Crippen molar-refractivity contribution in [2.24, 2.45) is 4.99 Å². The number of nitrogens with one attached hydrogen (secondary N) is 2. The Labute approximate surface area is 168 Å². The lowest BCUT2D eigenvalue weighted by Crippen LogP contribution is -2.33. The summed E-state index contributed by atoms with van der Waals surface area (Å²) >= 11 is 0. The third kappa shape index (κ3) is 7.27. The van der Waals surface area contributed by atoms with E-state index in [1.54, 1.807) is 0 Å². The number of fused-ring (bicyclic) bond motifs is 1. The van der Waals surface area contributed by atoms with Crippen LogP contribution in [0.1, 0.15) is 27.2 Å². The summed E-state index contributed by atoms with van der Waals surface area (Å²) in [6.07, 6.45) is 0.908. The van der Waals surface area contributed by atoms with Crippen LogP contribution in [0.3, 0.4) is 0 Å². The van der Waals surface area contributed by atoms with Crippen LogP contribution in [-0.4, -0.2) is 56.8 Å².